The summed E-state index contributed by atoms with van der Waals surface area (Å²) in [5.74, 6) is -0.254. The summed E-state index contributed by atoms with van der Waals surface area (Å²) in [6.45, 7) is -0.0698. The van der Waals surface area contributed by atoms with Crippen molar-refractivity contribution in [3.8, 4) is 0 Å². The van der Waals surface area contributed by atoms with Crippen molar-refractivity contribution < 1.29 is 4.79 Å². The minimum atomic E-state index is -0.445. The summed E-state index contributed by atoms with van der Waals surface area (Å²) in [7, 11) is 0. The van der Waals surface area contributed by atoms with Gasteiger partial charge in [0.25, 0.3) is 0 Å². The highest BCUT2D eigenvalue weighted by atomic mass is 32.1. The Morgan fingerprint density at radius 1 is 1.21 bits per heavy atom. The molecule has 6 nitrogen and oxygen atoms in total. The molecule has 0 saturated heterocycles. The lowest BCUT2D eigenvalue weighted by molar-refractivity contribution is -0.122. The summed E-state index contributed by atoms with van der Waals surface area (Å²) in [4.78, 5) is 32.0. The van der Waals surface area contributed by atoms with E-state index in [1.807, 2.05) is 35.0 Å². The van der Waals surface area contributed by atoms with Crippen LogP contribution in [0.25, 0.3) is 0 Å². The van der Waals surface area contributed by atoms with Gasteiger partial charge >= 0.3 is 5.69 Å². The maximum absolute atomic E-state index is 12.4. The highest BCUT2D eigenvalue weighted by Gasteiger charge is 2.17. The number of nitrogens with one attached hydrogen (secondary N) is 1. The average Bonchev–Trinajstić information content (AvgIpc) is 3.10. The van der Waals surface area contributed by atoms with Crippen LogP contribution in [0.4, 0.5) is 0 Å². The van der Waals surface area contributed by atoms with Gasteiger partial charge in [0.1, 0.15) is 6.54 Å². The fourth-order valence-corrected chi connectivity index (χ4v) is 3.04. The third-order valence-corrected chi connectivity index (χ3v) is 4.23. The molecule has 0 bridgehead atoms. The molecule has 0 saturated carbocycles. The zero-order valence-electron chi connectivity index (χ0n) is 12.8. The Bertz CT molecular complexity index is 846. The SMILES string of the molecule is O=C(Cn1cccnc1=O)N[C@H](Cc1ccsc1)c1ccccn1. The van der Waals surface area contributed by atoms with E-state index in [0.29, 0.717) is 6.42 Å². The number of carbonyl (C=O) groups excluding carboxylic acids is 1. The molecule has 0 aliphatic carbocycles. The molecule has 3 aromatic heterocycles. The van der Waals surface area contributed by atoms with Crippen LogP contribution >= 0.6 is 11.3 Å². The fourth-order valence-electron chi connectivity index (χ4n) is 2.36. The number of rotatable bonds is 6. The highest BCUT2D eigenvalue weighted by molar-refractivity contribution is 7.07. The molecule has 24 heavy (non-hydrogen) atoms. The van der Waals surface area contributed by atoms with Crippen LogP contribution in [0.15, 0.2) is 64.5 Å². The lowest BCUT2D eigenvalue weighted by Crippen LogP contribution is -2.36. The molecule has 0 aliphatic heterocycles. The first-order valence-electron chi connectivity index (χ1n) is 7.45. The van der Waals surface area contributed by atoms with Gasteiger partial charge < -0.3 is 5.32 Å². The van der Waals surface area contributed by atoms with E-state index in [1.54, 1.807) is 29.8 Å². The van der Waals surface area contributed by atoms with Gasteiger partial charge in [-0.25, -0.2) is 9.78 Å². The number of hydrogen-bond donors (Lipinski definition) is 1. The predicted octanol–water partition coefficient (Wildman–Crippen LogP) is 1.80. The number of thiophene rings is 1. The summed E-state index contributed by atoms with van der Waals surface area (Å²) >= 11 is 1.61. The van der Waals surface area contributed by atoms with E-state index >= 15 is 0 Å². The van der Waals surface area contributed by atoms with Crippen molar-refractivity contribution in [2.75, 3.05) is 0 Å². The first-order valence-corrected chi connectivity index (χ1v) is 8.39. The molecule has 3 rings (SSSR count). The number of carbonyl (C=O) groups is 1. The first-order chi connectivity index (χ1) is 11.7. The number of amides is 1. The van der Waals surface area contributed by atoms with Crippen molar-refractivity contribution in [3.05, 3.63) is 81.4 Å². The fraction of sp³-hybridized carbons (Fsp3) is 0.176. The van der Waals surface area contributed by atoms with E-state index in [0.717, 1.165) is 11.3 Å². The molecule has 0 aliphatic rings. The number of hydrogen-bond acceptors (Lipinski definition) is 5. The van der Waals surface area contributed by atoms with Gasteiger partial charge in [-0.15, -0.1) is 0 Å². The second-order valence-corrected chi connectivity index (χ2v) is 6.02. The van der Waals surface area contributed by atoms with Crippen molar-refractivity contribution >= 4 is 17.2 Å². The van der Waals surface area contributed by atoms with Crippen molar-refractivity contribution in [2.45, 2.75) is 19.0 Å². The molecule has 1 atom stereocenters. The van der Waals surface area contributed by atoms with Crippen LogP contribution in [0, 0.1) is 0 Å². The molecule has 0 spiro atoms. The first kappa shape index (κ1) is 16.1. The van der Waals surface area contributed by atoms with E-state index in [1.165, 1.54) is 10.8 Å². The van der Waals surface area contributed by atoms with Gasteiger partial charge in [-0.1, -0.05) is 6.07 Å². The van der Waals surface area contributed by atoms with Crippen LogP contribution in [0.5, 0.6) is 0 Å². The second-order valence-electron chi connectivity index (χ2n) is 5.24. The normalized spacial score (nSPS) is 11.8. The Labute approximate surface area is 142 Å². The van der Waals surface area contributed by atoms with Gasteiger partial charge in [-0.05, 0) is 47.0 Å². The van der Waals surface area contributed by atoms with E-state index in [9.17, 15) is 9.59 Å². The minimum absolute atomic E-state index is 0.0698. The van der Waals surface area contributed by atoms with Gasteiger partial charge in [0.05, 0.1) is 11.7 Å². The summed E-state index contributed by atoms with van der Waals surface area (Å²) in [6, 6.07) is 9.01. The molecule has 0 aromatic carbocycles. The van der Waals surface area contributed by atoms with E-state index in [-0.39, 0.29) is 18.5 Å². The van der Waals surface area contributed by atoms with Crippen LogP contribution in [0.2, 0.25) is 0 Å². The molecule has 122 valence electrons. The highest BCUT2D eigenvalue weighted by Crippen LogP contribution is 2.18. The lowest BCUT2D eigenvalue weighted by atomic mass is 10.1. The van der Waals surface area contributed by atoms with E-state index < -0.39 is 5.69 Å². The molecule has 3 aromatic rings. The van der Waals surface area contributed by atoms with Crippen LogP contribution in [0.3, 0.4) is 0 Å². The monoisotopic (exact) mass is 340 g/mol. The molecular formula is C17H16N4O2S. The van der Waals surface area contributed by atoms with Gasteiger partial charge in [-0.2, -0.15) is 11.3 Å². The predicted molar refractivity (Wildman–Crippen MR) is 91.6 cm³/mol. The summed E-state index contributed by atoms with van der Waals surface area (Å²) in [5.41, 5.74) is 1.48. The third-order valence-electron chi connectivity index (χ3n) is 3.50. The Kier molecular flexibility index (Phi) is 5.12. The maximum Gasteiger partial charge on any atom is 0.347 e. The van der Waals surface area contributed by atoms with Crippen molar-refractivity contribution in [3.63, 3.8) is 0 Å². The summed E-state index contributed by atoms with van der Waals surface area (Å²) in [5, 5.41) is 7.01. The topological polar surface area (TPSA) is 76.9 Å². The van der Waals surface area contributed by atoms with Crippen molar-refractivity contribution in [2.24, 2.45) is 0 Å². The van der Waals surface area contributed by atoms with Gasteiger partial charge in [0.15, 0.2) is 0 Å². The van der Waals surface area contributed by atoms with Gasteiger partial charge in [0, 0.05) is 18.6 Å². The minimum Gasteiger partial charge on any atom is -0.346 e. The molecule has 1 N–H and O–H groups in total. The van der Waals surface area contributed by atoms with Crippen molar-refractivity contribution in [1.29, 1.82) is 0 Å². The van der Waals surface area contributed by atoms with E-state index in [4.69, 9.17) is 0 Å². The molecule has 0 fully saturated rings. The zero-order chi connectivity index (χ0) is 16.8. The maximum atomic E-state index is 12.4. The quantitative estimate of drug-likeness (QED) is 0.742. The smallest absolute Gasteiger partial charge is 0.346 e. The molecular weight excluding hydrogens is 324 g/mol. The Hall–Kier alpha value is -2.80. The Morgan fingerprint density at radius 3 is 2.79 bits per heavy atom. The van der Waals surface area contributed by atoms with Gasteiger partial charge in [0.2, 0.25) is 5.91 Å². The molecule has 7 heteroatoms. The van der Waals surface area contributed by atoms with E-state index in [2.05, 4.69) is 15.3 Å². The molecule has 0 unspecified atom stereocenters. The van der Waals surface area contributed by atoms with Crippen LogP contribution in [-0.4, -0.2) is 20.4 Å². The molecule has 3 heterocycles. The number of pyridine rings is 1. The molecule has 1 amide bonds. The van der Waals surface area contributed by atoms with Crippen LogP contribution in [0.1, 0.15) is 17.3 Å². The summed E-state index contributed by atoms with van der Waals surface area (Å²) in [6.07, 6.45) is 5.30. The van der Waals surface area contributed by atoms with Gasteiger partial charge in [-0.3, -0.25) is 14.3 Å². The second kappa shape index (κ2) is 7.65. The number of nitrogens with zero attached hydrogens (tertiary/aromatic N) is 3. The Balaban J connectivity index is 1.75. The zero-order valence-corrected chi connectivity index (χ0v) is 13.6. The lowest BCUT2D eigenvalue weighted by Gasteiger charge is -2.18. The third kappa shape index (κ3) is 4.14. The standard InChI is InChI=1S/C17H16N4O2S/c22-16(11-21-8-3-7-19-17(21)23)20-15(10-13-5-9-24-12-13)14-4-1-2-6-18-14/h1-9,12,15H,10-11H2,(H,20,22)/t15-/m1/s1. The van der Waals surface area contributed by atoms with Crippen LogP contribution < -0.4 is 11.0 Å². The summed E-state index contributed by atoms with van der Waals surface area (Å²) < 4.78 is 1.27. The average molecular weight is 340 g/mol. The largest absolute Gasteiger partial charge is 0.347 e. The van der Waals surface area contributed by atoms with Crippen molar-refractivity contribution in [1.82, 2.24) is 19.9 Å². The number of aromatic nitrogens is 3. The van der Waals surface area contributed by atoms with Crippen LogP contribution in [-0.2, 0) is 17.8 Å². The Morgan fingerprint density at radius 2 is 2.08 bits per heavy atom. The molecule has 0 radical (unpaired) electrons.